The molecule has 0 saturated carbocycles. The van der Waals surface area contributed by atoms with Gasteiger partial charge in [0.25, 0.3) is 0 Å². The van der Waals surface area contributed by atoms with Gasteiger partial charge in [-0.1, -0.05) is 11.6 Å². The lowest BCUT2D eigenvalue weighted by Crippen LogP contribution is -2.50. The molecule has 2 rings (SSSR count). The van der Waals surface area contributed by atoms with Gasteiger partial charge in [-0.2, -0.15) is 4.72 Å². The fourth-order valence-corrected chi connectivity index (χ4v) is 3.66. The van der Waals surface area contributed by atoms with E-state index in [4.69, 9.17) is 16.3 Å². The molecule has 0 aliphatic carbocycles. The molecule has 2 N–H and O–H groups in total. The molecule has 7 nitrogen and oxygen atoms in total. The highest BCUT2D eigenvalue weighted by atomic mass is 35.5. The van der Waals surface area contributed by atoms with Gasteiger partial charge in [0, 0.05) is 24.7 Å². The van der Waals surface area contributed by atoms with Crippen molar-refractivity contribution in [1.29, 1.82) is 0 Å². The Hall–Kier alpha value is -1.26. The Balaban J connectivity index is 2.17. The maximum absolute atomic E-state index is 13.7. The van der Waals surface area contributed by atoms with Gasteiger partial charge in [-0.25, -0.2) is 12.8 Å². The predicted molar refractivity (Wildman–Crippen MR) is 80.4 cm³/mol. The Morgan fingerprint density at radius 3 is 2.70 bits per heavy atom. The zero-order valence-electron chi connectivity index (χ0n) is 12.0. The number of ether oxygens (including phenoxy) is 1. The molecule has 1 unspecified atom stereocenters. The molecule has 1 heterocycles. The topological polar surface area (TPSA) is 95.9 Å². The number of aliphatic carboxylic acids is 1. The summed E-state index contributed by atoms with van der Waals surface area (Å²) in [5, 5.41) is 9.27. The molecule has 1 saturated heterocycles. The third-order valence-corrected chi connectivity index (χ3v) is 5.04. The maximum atomic E-state index is 13.7. The van der Waals surface area contributed by atoms with E-state index >= 15 is 0 Å². The maximum Gasteiger partial charge on any atom is 0.323 e. The molecule has 1 aromatic carbocycles. The van der Waals surface area contributed by atoms with Crippen molar-refractivity contribution in [2.45, 2.75) is 10.9 Å². The van der Waals surface area contributed by atoms with Crippen molar-refractivity contribution < 1.29 is 27.4 Å². The van der Waals surface area contributed by atoms with Crippen LogP contribution in [0.25, 0.3) is 0 Å². The summed E-state index contributed by atoms with van der Waals surface area (Å²) in [5.74, 6) is -2.35. The van der Waals surface area contributed by atoms with Crippen molar-refractivity contribution in [3.63, 3.8) is 0 Å². The van der Waals surface area contributed by atoms with Gasteiger partial charge in [-0.3, -0.25) is 9.69 Å². The van der Waals surface area contributed by atoms with Crippen LogP contribution in [0.4, 0.5) is 4.39 Å². The van der Waals surface area contributed by atoms with Crippen molar-refractivity contribution in [2.75, 3.05) is 32.8 Å². The standard InChI is InChI=1S/C13H16ClFN2O5S/c14-9-1-2-10(15)12(7-9)23(20,21)16-11(13(18)19)8-17-3-5-22-6-4-17/h1-2,7,11,16H,3-6,8H2,(H,18,19). The molecule has 128 valence electrons. The number of carbonyl (C=O) groups is 1. The summed E-state index contributed by atoms with van der Waals surface area (Å²) in [6.45, 7) is 1.85. The molecule has 1 atom stereocenters. The average Bonchev–Trinajstić information content (AvgIpc) is 2.49. The lowest BCUT2D eigenvalue weighted by Gasteiger charge is -2.29. The Kier molecular flexibility index (Phi) is 5.93. The quantitative estimate of drug-likeness (QED) is 0.763. The lowest BCUT2D eigenvalue weighted by atomic mass is 10.3. The summed E-state index contributed by atoms with van der Waals surface area (Å²) >= 11 is 5.68. The summed E-state index contributed by atoms with van der Waals surface area (Å²) in [7, 11) is -4.36. The molecule has 1 aliphatic heterocycles. The number of nitrogens with one attached hydrogen (secondary N) is 1. The largest absolute Gasteiger partial charge is 0.480 e. The summed E-state index contributed by atoms with van der Waals surface area (Å²) in [5.41, 5.74) is 0. The second-order valence-corrected chi connectivity index (χ2v) is 7.12. The van der Waals surface area contributed by atoms with Crippen LogP contribution >= 0.6 is 11.6 Å². The van der Waals surface area contributed by atoms with Crippen molar-refractivity contribution in [1.82, 2.24) is 9.62 Å². The minimum atomic E-state index is -4.36. The normalized spacial score (nSPS) is 17.8. The summed E-state index contributed by atoms with van der Waals surface area (Å²) < 4.78 is 45.4. The highest BCUT2D eigenvalue weighted by Gasteiger charge is 2.29. The average molecular weight is 367 g/mol. The third-order valence-electron chi connectivity index (χ3n) is 3.32. The molecule has 23 heavy (non-hydrogen) atoms. The van der Waals surface area contributed by atoms with Gasteiger partial charge < -0.3 is 9.84 Å². The molecule has 0 bridgehead atoms. The first-order chi connectivity index (χ1) is 10.8. The third kappa shape index (κ3) is 4.85. The monoisotopic (exact) mass is 366 g/mol. The van der Waals surface area contributed by atoms with Gasteiger partial charge in [0.05, 0.1) is 13.2 Å². The van der Waals surface area contributed by atoms with E-state index in [-0.39, 0.29) is 11.6 Å². The van der Waals surface area contributed by atoms with Gasteiger partial charge in [-0.05, 0) is 18.2 Å². The minimum absolute atomic E-state index is 0.0341. The van der Waals surface area contributed by atoms with E-state index in [0.717, 1.165) is 12.1 Å². The first kappa shape index (κ1) is 18.1. The number of hydrogen-bond acceptors (Lipinski definition) is 5. The Bertz CT molecular complexity index is 679. The van der Waals surface area contributed by atoms with Gasteiger partial charge >= 0.3 is 5.97 Å². The summed E-state index contributed by atoms with van der Waals surface area (Å²) in [6, 6.07) is 1.65. The molecule has 0 aromatic heterocycles. The summed E-state index contributed by atoms with van der Waals surface area (Å²) in [4.78, 5) is 12.4. The number of sulfonamides is 1. The minimum Gasteiger partial charge on any atom is -0.480 e. The van der Waals surface area contributed by atoms with Crippen LogP contribution in [0, 0.1) is 5.82 Å². The van der Waals surface area contributed by atoms with E-state index in [9.17, 15) is 22.7 Å². The number of carboxylic acid groups (broad SMARTS) is 1. The number of benzene rings is 1. The highest BCUT2D eigenvalue weighted by Crippen LogP contribution is 2.19. The number of rotatable bonds is 6. The number of carboxylic acids is 1. The zero-order chi connectivity index (χ0) is 17.0. The Labute approximate surface area is 138 Å². The van der Waals surface area contributed by atoms with E-state index in [1.54, 1.807) is 4.90 Å². The van der Waals surface area contributed by atoms with E-state index in [1.165, 1.54) is 6.07 Å². The Morgan fingerprint density at radius 1 is 1.43 bits per heavy atom. The second-order valence-electron chi connectivity index (χ2n) is 5.00. The van der Waals surface area contributed by atoms with Gasteiger partial charge in [0.1, 0.15) is 16.8 Å². The SMILES string of the molecule is O=C(O)C(CN1CCOCC1)NS(=O)(=O)c1cc(Cl)ccc1F. The molecule has 10 heteroatoms. The van der Waals surface area contributed by atoms with Crippen LogP contribution in [0.1, 0.15) is 0 Å². The van der Waals surface area contributed by atoms with Crippen LogP contribution in [0.5, 0.6) is 0 Å². The Morgan fingerprint density at radius 2 is 2.09 bits per heavy atom. The van der Waals surface area contributed by atoms with Crippen molar-refractivity contribution in [2.24, 2.45) is 0 Å². The zero-order valence-corrected chi connectivity index (χ0v) is 13.6. The highest BCUT2D eigenvalue weighted by molar-refractivity contribution is 7.89. The van der Waals surface area contributed by atoms with Crippen LogP contribution in [0.15, 0.2) is 23.1 Å². The van der Waals surface area contributed by atoms with E-state index in [2.05, 4.69) is 0 Å². The predicted octanol–water partition coefficient (Wildman–Crippen LogP) is 0.543. The second kappa shape index (κ2) is 7.54. The molecule has 0 spiro atoms. The van der Waals surface area contributed by atoms with Gasteiger partial charge in [0.2, 0.25) is 10.0 Å². The molecule has 1 aliphatic rings. The van der Waals surface area contributed by atoms with E-state index < -0.39 is 32.7 Å². The van der Waals surface area contributed by atoms with Crippen LogP contribution < -0.4 is 4.72 Å². The van der Waals surface area contributed by atoms with E-state index in [0.29, 0.717) is 26.3 Å². The van der Waals surface area contributed by atoms with E-state index in [1.807, 2.05) is 4.72 Å². The number of halogens is 2. The molecular weight excluding hydrogens is 351 g/mol. The van der Waals surface area contributed by atoms with Crippen LogP contribution in [0.3, 0.4) is 0 Å². The van der Waals surface area contributed by atoms with Crippen molar-refractivity contribution in [3.05, 3.63) is 29.0 Å². The fraction of sp³-hybridized carbons (Fsp3) is 0.462. The molecule has 1 fully saturated rings. The smallest absolute Gasteiger partial charge is 0.323 e. The van der Waals surface area contributed by atoms with Crippen LogP contribution in [-0.4, -0.2) is 63.3 Å². The molecule has 1 aromatic rings. The van der Waals surface area contributed by atoms with Crippen molar-refractivity contribution in [3.8, 4) is 0 Å². The van der Waals surface area contributed by atoms with Gasteiger partial charge in [0.15, 0.2) is 0 Å². The lowest BCUT2D eigenvalue weighted by molar-refractivity contribution is -0.139. The molecule has 0 radical (unpaired) electrons. The van der Waals surface area contributed by atoms with Crippen LogP contribution in [0.2, 0.25) is 5.02 Å². The number of nitrogens with zero attached hydrogens (tertiary/aromatic N) is 1. The number of hydrogen-bond donors (Lipinski definition) is 2. The van der Waals surface area contributed by atoms with Crippen molar-refractivity contribution >= 4 is 27.6 Å². The van der Waals surface area contributed by atoms with Gasteiger partial charge in [-0.15, -0.1) is 0 Å². The first-order valence-electron chi connectivity index (χ1n) is 6.80. The fourth-order valence-electron chi connectivity index (χ4n) is 2.14. The first-order valence-corrected chi connectivity index (χ1v) is 8.66. The summed E-state index contributed by atoms with van der Waals surface area (Å²) in [6.07, 6.45) is 0. The number of morpholine rings is 1. The molecular formula is C13H16ClFN2O5S. The molecule has 0 amide bonds. The van der Waals surface area contributed by atoms with Crippen LogP contribution in [-0.2, 0) is 19.6 Å².